The predicted molar refractivity (Wildman–Crippen MR) is 115 cm³/mol. The van der Waals surface area contributed by atoms with Crippen LogP contribution in [0.1, 0.15) is 46.5 Å². The molecule has 2 aliphatic rings. The fourth-order valence-corrected chi connectivity index (χ4v) is 4.12. The molecule has 0 saturated carbocycles. The number of carbonyl (C=O) groups excluding carboxylic acids is 2. The quantitative estimate of drug-likeness (QED) is 0.666. The number of anilines is 1. The van der Waals surface area contributed by atoms with Crippen molar-refractivity contribution >= 4 is 17.6 Å². The van der Waals surface area contributed by atoms with E-state index in [-0.39, 0.29) is 24.0 Å². The Labute approximate surface area is 178 Å². The van der Waals surface area contributed by atoms with Crippen LogP contribution in [-0.2, 0) is 4.79 Å². The van der Waals surface area contributed by atoms with Gasteiger partial charge in [-0.1, -0.05) is 6.92 Å². The molecule has 2 aliphatic heterocycles. The smallest absolute Gasteiger partial charge is 0.319 e. The number of nitrogens with zero attached hydrogens (tertiary/aromatic N) is 4. The van der Waals surface area contributed by atoms with E-state index in [0.717, 1.165) is 12.1 Å². The molecule has 2 fully saturated rings. The van der Waals surface area contributed by atoms with Gasteiger partial charge in [-0.2, -0.15) is 0 Å². The molecule has 2 saturated heterocycles. The van der Waals surface area contributed by atoms with Crippen LogP contribution in [0, 0.1) is 5.92 Å². The van der Waals surface area contributed by atoms with Crippen LogP contribution in [0.15, 0.2) is 18.3 Å². The fraction of sp³-hybridized carbons (Fsp3) is 0.682. The van der Waals surface area contributed by atoms with Crippen LogP contribution in [0.25, 0.3) is 0 Å². The number of amides is 3. The molecule has 0 aromatic carbocycles. The molecule has 0 aliphatic carbocycles. The number of hydrogen-bond acceptors (Lipinski definition) is 5. The van der Waals surface area contributed by atoms with E-state index in [0.29, 0.717) is 51.3 Å². The van der Waals surface area contributed by atoms with E-state index in [1.54, 1.807) is 34.0 Å². The molecule has 0 bridgehead atoms. The van der Waals surface area contributed by atoms with Gasteiger partial charge in [0.15, 0.2) is 0 Å². The van der Waals surface area contributed by atoms with Gasteiger partial charge in [0, 0.05) is 38.7 Å². The van der Waals surface area contributed by atoms with Crippen molar-refractivity contribution in [2.24, 2.45) is 5.92 Å². The topological polar surface area (TPSA) is 86.2 Å². The molecule has 30 heavy (non-hydrogen) atoms. The van der Waals surface area contributed by atoms with Crippen molar-refractivity contribution in [3.8, 4) is 5.88 Å². The molecular weight excluding hydrogens is 384 g/mol. The molecule has 2 atom stereocenters. The maximum Gasteiger partial charge on any atom is 0.319 e. The Morgan fingerprint density at radius 2 is 2.03 bits per heavy atom. The Morgan fingerprint density at radius 1 is 1.27 bits per heavy atom. The van der Waals surface area contributed by atoms with Crippen LogP contribution in [0.3, 0.4) is 0 Å². The van der Waals surface area contributed by atoms with Crippen LogP contribution in [0.2, 0.25) is 0 Å². The number of β-amino-alcohol motifs (C(OH)–C–C–N with tert-alkyl or cyclic N) is 1. The van der Waals surface area contributed by atoms with Gasteiger partial charge in [-0.15, -0.1) is 0 Å². The van der Waals surface area contributed by atoms with Crippen molar-refractivity contribution in [1.29, 1.82) is 0 Å². The van der Waals surface area contributed by atoms with Crippen molar-refractivity contribution in [3.05, 3.63) is 18.3 Å². The zero-order chi connectivity index (χ0) is 21.9. The number of urea groups is 1. The molecule has 8 heteroatoms. The average Bonchev–Trinajstić information content (AvgIpc) is 3.23. The SMILES string of the molecule is CCC(O)(CCC1CCN(c2ccc(OC(C)C)nc2)C1=O)CN1CCN(C)C1=O. The Bertz CT molecular complexity index is 754. The number of likely N-dealkylation sites (N-methyl/N-ethyl adjacent to an activating group) is 1. The minimum absolute atomic E-state index is 0.0395. The number of aliphatic hydroxyl groups is 1. The Balaban J connectivity index is 1.56. The van der Waals surface area contributed by atoms with Crippen molar-refractivity contribution in [2.45, 2.75) is 58.2 Å². The van der Waals surface area contributed by atoms with Crippen molar-refractivity contribution in [2.75, 3.05) is 38.1 Å². The molecule has 3 rings (SSSR count). The van der Waals surface area contributed by atoms with E-state index >= 15 is 0 Å². The van der Waals surface area contributed by atoms with Gasteiger partial charge in [0.2, 0.25) is 11.8 Å². The van der Waals surface area contributed by atoms with Gasteiger partial charge in [0.05, 0.1) is 30.1 Å². The number of carbonyl (C=O) groups is 2. The first kappa shape index (κ1) is 22.3. The second-order valence-corrected chi connectivity index (χ2v) is 8.74. The van der Waals surface area contributed by atoms with E-state index in [9.17, 15) is 14.7 Å². The first-order valence-electron chi connectivity index (χ1n) is 10.9. The molecular formula is C22H34N4O4. The summed E-state index contributed by atoms with van der Waals surface area (Å²) in [5.74, 6) is 0.503. The molecule has 166 valence electrons. The van der Waals surface area contributed by atoms with E-state index in [1.165, 1.54) is 0 Å². The number of ether oxygens (including phenoxy) is 1. The van der Waals surface area contributed by atoms with Crippen LogP contribution in [0.4, 0.5) is 10.5 Å². The minimum Gasteiger partial charge on any atom is -0.475 e. The highest BCUT2D eigenvalue weighted by molar-refractivity contribution is 5.97. The molecule has 1 aromatic rings. The van der Waals surface area contributed by atoms with E-state index in [4.69, 9.17) is 4.74 Å². The summed E-state index contributed by atoms with van der Waals surface area (Å²) in [6, 6.07) is 3.61. The summed E-state index contributed by atoms with van der Waals surface area (Å²) in [5.41, 5.74) is -0.193. The average molecular weight is 419 g/mol. The van der Waals surface area contributed by atoms with Gasteiger partial charge in [-0.25, -0.2) is 9.78 Å². The van der Waals surface area contributed by atoms with Crippen LogP contribution in [-0.4, -0.2) is 76.8 Å². The zero-order valence-corrected chi connectivity index (χ0v) is 18.5. The van der Waals surface area contributed by atoms with E-state index < -0.39 is 5.60 Å². The lowest BCUT2D eigenvalue weighted by Crippen LogP contribution is -2.44. The molecule has 3 amide bonds. The molecule has 8 nitrogen and oxygen atoms in total. The maximum atomic E-state index is 12.9. The van der Waals surface area contributed by atoms with Gasteiger partial charge >= 0.3 is 6.03 Å². The normalized spacial score (nSPS) is 21.7. The second-order valence-electron chi connectivity index (χ2n) is 8.74. The van der Waals surface area contributed by atoms with Gasteiger partial charge in [0.25, 0.3) is 0 Å². The highest BCUT2D eigenvalue weighted by Crippen LogP contribution is 2.31. The summed E-state index contributed by atoms with van der Waals surface area (Å²) < 4.78 is 5.56. The largest absolute Gasteiger partial charge is 0.475 e. The summed E-state index contributed by atoms with van der Waals surface area (Å²) in [4.78, 5) is 34.5. The Morgan fingerprint density at radius 3 is 2.60 bits per heavy atom. The predicted octanol–water partition coefficient (Wildman–Crippen LogP) is 2.51. The highest BCUT2D eigenvalue weighted by Gasteiger charge is 2.37. The van der Waals surface area contributed by atoms with Crippen molar-refractivity contribution in [1.82, 2.24) is 14.8 Å². The third-order valence-electron chi connectivity index (χ3n) is 6.11. The fourth-order valence-electron chi connectivity index (χ4n) is 4.12. The summed E-state index contributed by atoms with van der Waals surface area (Å²) in [6.45, 7) is 8.10. The number of aromatic nitrogens is 1. The lowest BCUT2D eigenvalue weighted by Gasteiger charge is -2.32. The maximum absolute atomic E-state index is 12.9. The number of pyridine rings is 1. The summed E-state index contributed by atoms with van der Waals surface area (Å²) in [5, 5.41) is 11.1. The molecule has 1 N–H and O–H groups in total. The van der Waals surface area contributed by atoms with Gasteiger partial charge in [-0.3, -0.25) is 4.79 Å². The summed E-state index contributed by atoms with van der Waals surface area (Å²) in [7, 11) is 1.77. The summed E-state index contributed by atoms with van der Waals surface area (Å²) in [6.07, 6.45) is 4.14. The van der Waals surface area contributed by atoms with E-state index in [1.807, 2.05) is 26.8 Å². The zero-order valence-electron chi connectivity index (χ0n) is 18.5. The number of hydrogen-bond donors (Lipinski definition) is 1. The van der Waals surface area contributed by atoms with Gasteiger partial charge in [0.1, 0.15) is 0 Å². The second kappa shape index (κ2) is 9.20. The molecule has 2 unspecified atom stereocenters. The van der Waals surface area contributed by atoms with Gasteiger partial charge in [-0.05, 0) is 45.6 Å². The highest BCUT2D eigenvalue weighted by atomic mass is 16.5. The lowest BCUT2D eigenvalue weighted by molar-refractivity contribution is -0.121. The molecule has 1 aromatic heterocycles. The first-order chi connectivity index (χ1) is 14.2. The summed E-state index contributed by atoms with van der Waals surface area (Å²) >= 11 is 0. The lowest BCUT2D eigenvalue weighted by atomic mass is 9.89. The van der Waals surface area contributed by atoms with Crippen molar-refractivity contribution in [3.63, 3.8) is 0 Å². The van der Waals surface area contributed by atoms with Crippen molar-refractivity contribution < 1.29 is 19.4 Å². The Hall–Kier alpha value is -2.35. The van der Waals surface area contributed by atoms with Gasteiger partial charge < -0.3 is 24.5 Å². The first-order valence-corrected chi connectivity index (χ1v) is 10.9. The molecule has 0 radical (unpaired) electrons. The van der Waals surface area contributed by atoms with Crippen LogP contribution in [0.5, 0.6) is 5.88 Å². The minimum atomic E-state index is -0.966. The monoisotopic (exact) mass is 418 g/mol. The Kier molecular flexibility index (Phi) is 6.85. The number of rotatable bonds is 9. The standard InChI is InChI=1S/C22H34N4O4/c1-5-22(29,15-25-13-12-24(4)21(25)28)10-8-17-9-11-26(20(17)27)18-6-7-19(23-14-18)30-16(2)3/h6-7,14,16-17,29H,5,8-13,15H2,1-4H3. The van der Waals surface area contributed by atoms with E-state index in [2.05, 4.69) is 4.98 Å². The van der Waals surface area contributed by atoms with Crippen LogP contribution >= 0.6 is 0 Å². The molecule has 0 spiro atoms. The van der Waals surface area contributed by atoms with Crippen LogP contribution < -0.4 is 9.64 Å². The molecule has 3 heterocycles. The third kappa shape index (κ3) is 5.03. The third-order valence-corrected chi connectivity index (χ3v) is 6.11.